The van der Waals surface area contributed by atoms with E-state index in [2.05, 4.69) is 25.8 Å². The first-order chi connectivity index (χ1) is 11.4. The Labute approximate surface area is 147 Å². The fourth-order valence-electron chi connectivity index (χ4n) is 2.11. The van der Waals surface area contributed by atoms with Crippen LogP contribution in [0, 0.1) is 5.82 Å². The van der Waals surface area contributed by atoms with E-state index in [4.69, 9.17) is 0 Å². The zero-order valence-corrected chi connectivity index (χ0v) is 14.8. The van der Waals surface area contributed by atoms with Crippen molar-refractivity contribution in [3.63, 3.8) is 0 Å². The fraction of sp³-hybridized carbons (Fsp3) is 0.0625. The summed E-state index contributed by atoms with van der Waals surface area (Å²) in [6.45, 7) is 0.417. The molecular formula is C16H13BrFN3O2S. The Hall–Kier alpha value is -2.19. The molecule has 0 unspecified atom stereocenters. The molecule has 0 aliphatic carbocycles. The second-order valence-electron chi connectivity index (χ2n) is 5.11. The first-order valence-electron chi connectivity index (χ1n) is 6.98. The molecule has 0 saturated heterocycles. The Balaban J connectivity index is 1.73. The van der Waals surface area contributed by atoms with Gasteiger partial charge in [0.05, 0.1) is 23.3 Å². The molecule has 0 radical (unpaired) electrons. The van der Waals surface area contributed by atoms with Crippen LogP contribution < -0.4 is 4.72 Å². The van der Waals surface area contributed by atoms with Gasteiger partial charge < -0.3 is 0 Å². The van der Waals surface area contributed by atoms with Crippen LogP contribution in [-0.2, 0) is 16.6 Å². The number of benzene rings is 2. The predicted molar refractivity (Wildman–Crippen MR) is 92.7 cm³/mol. The number of rotatable bonds is 5. The summed E-state index contributed by atoms with van der Waals surface area (Å²) in [6, 6.07) is 12.4. The van der Waals surface area contributed by atoms with E-state index in [1.54, 1.807) is 35.1 Å². The molecule has 5 nitrogen and oxygen atoms in total. The molecule has 24 heavy (non-hydrogen) atoms. The van der Waals surface area contributed by atoms with Crippen LogP contribution in [0.5, 0.6) is 0 Å². The molecule has 124 valence electrons. The van der Waals surface area contributed by atoms with E-state index in [1.165, 1.54) is 30.5 Å². The molecule has 1 heterocycles. The first-order valence-corrected chi connectivity index (χ1v) is 9.25. The molecule has 8 heteroatoms. The summed E-state index contributed by atoms with van der Waals surface area (Å²) in [5.41, 5.74) is 1.22. The summed E-state index contributed by atoms with van der Waals surface area (Å²) < 4.78 is 42.4. The Morgan fingerprint density at radius 2 is 1.75 bits per heavy atom. The highest BCUT2D eigenvalue weighted by atomic mass is 79.9. The van der Waals surface area contributed by atoms with Crippen molar-refractivity contribution in [1.82, 2.24) is 9.78 Å². The molecule has 0 spiro atoms. The largest absolute Gasteiger partial charge is 0.276 e. The summed E-state index contributed by atoms with van der Waals surface area (Å²) in [4.78, 5) is 0.164. The van der Waals surface area contributed by atoms with Crippen molar-refractivity contribution >= 4 is 31.6 Å². The van der Waals surface area contributed by atoms with Gasteiger partial charge in [-0.25, -0.2) is 12.8 Å². The number of sulfonamides is 1. The zero-order valence-electron chi connectivity index (χ0n) is 12.4. The van der Waals surface area contributed by atoms with Crippen molar-refractivity contribution in [3.8, 4) is 0 Å². The zero-order chi connectivity index (χ0) is 17.2. The van der Waals surface area contributed by atoms with Crippen LogP contribution in [0.1, 0.15) is 5.56 Å². The molecule has 0 atom stereocenters. The highest BCUT2D eigenvalue weighted by Gasteiger charge is 2.15. The lowest BCUT2D eigenvalue weighted by molar-refractivity contribution is 0.601. The maximum Gasteiger partial charge on any atom is 0.261 e. The van der Waals surface area contributed by atoms with Crippen LogP contribution in [0.2, 0.25) is 0 Å². The number of nitrogens with one attached hydrogen (secondary N) is 1. The van der Waals surface area contributed by atoms with Crippen molar-refractivity contribution in [2.75, 3.05) is 4.72 Å². The molecule has 1 aromatic heterocycles. The van der Waals surface area contributed by atoms with Gasteiger partial charge in [0.2, 0.25) is 0 Å². The minimum atomic E-state index is -3.67. The minimum Gasteiger partial charge on any atom is -0.276 e. The van der Waals surface area contributed by atoms with E-state index in [1.807, 2.05) is 0 Å². The van der Waals surface area contributed by atoms with E-state index >= 15 is 0 Å². The van der Waals surface area contributed by atoms with Crippen LogP contribution in [0.25, 0.3) is 0 Å². The van der Waals surface area contributed by atoms with Gasteiger partial charge in [0.1, 0.15) is 5.82 Å². The van der Waals surface area contributed by atoms with Crippen molar-refractivity contribution in [2.45, 2.75) is 11.4 Å². The third-order valence-electron chi connectivity index (χ3n) is 3.27. The third-order valence-corrected chi connectivity index (χ3v) is 5.19. The van der Waals surface area contributed by atoms with Gasteiger partial charge in [0, 0.05) is 10.7 Å². The van der Waals surface area contributed by atoms with E-state index in [-0.39, 0.29) is 10.7 Å². The lowest BCUT2D eigenvalue weighted by Crippen LogP contribution is -2.12. The Kier molecular flexibility index (Phi) is 4.68. The number of nitrogens with zero attached hydrogens (tertiary/aromatic N) is 2. The molecule has 2 aromatic carbocycles. The highest BCUT2D eigenvalue weighted by molar-refractivity contribution is 9.10. The average Bonchev–Trinajstić information content (AvgIpc) is 2.96. The van der Waals surface area contributed by atoms with Gasteiger partial charge in [-0.2, -0.15) is 5.10 Å². The van der Waals surface area contributed by atoms with Gasteiger partial charge in [-0.3, -0.25) is 9.40 Å². The summed E-state index contributed by atoms with van der Waals surface area (Å²) >= 11 is 3.27. The van der Waals surface area contributed by atoms with Gasteiger partial charge in [0.15, 0.2) is 0 Å². The van der Waals surface area contributed by atoms with Crippen molar-refractivity contribution in [3.05, 3.63) is 76.8 Å². The van der Waals surface area contributed by atoms with Crippen molar-refractivity contribution < 1.29 is 12.8 Å². The topological polar surface area (TPSA) is 64.0 Å². The smallest absolute Gasteiger partial charge is 0.261 e. The predicted octanol–water partition coefficient (Wildman–Crippen LogP) is 3.63. The number of halogens is 2. The second kappa shape index (κ2) is 6.74. The maximum absolute atomic E-state index is 12.9. The second-order valence-corrected chi connectivity index (χ2v) is 7.71. The molecule has 0 bridgehead atoms. The fourth-order valence-corrected chi connectivity index (χ4v) is 3.40. The van der Waals surface area contributed by atoms with E-state index in [9.17, 15) is 12.8 Å². The summed E-state index contributed by atoms with van der Waals surface area (Å²) in [6.07, 6.45) is 3.01. The summed E-state index contributed by atoms with van der Waals surface area (Å²) in [7, 11) is -3.67. The molecule has 1 N–H and O–H groups in total. The number of anilines is 1. The van der Waals surface area contributed by atoms with Crippen LogP contribution >= 0.6 is 15.9 Å². The maximum atomic E-state index is 12.9. The lowest BCUT2D eigenvalue weighted by Gasteiger charge is -2.06. The highest BCUT2D eigenvalue weighted by Crippen LogP contribution is 2.18. The van der Waals surface area contributed by atoms with E-state index < -0.39 is 10.0 Å². The number of hydrogen-bond acceptors (Lipinski definition) is 3. The third kappa shape index (κ3) is 4.01. The van der Waals surface area contributed by atoms with Gasteiger partial charge in [0.25, 0.3) is 10.0 Å². The molecule has 0 aliphatic heterocycles. The number of aromatic nitrogens is 2. The quantitative estimate of drug-likeness (QED) is 0.699. The van der Waals surface area contributed by atoms with Crippen LogP contribution in [-0.4, -0.2) is 18.2 Å². The number of hydrogen-bond donors (Lipinski definition) is 1. The van der Waals surface area contributed by atoms with Gasteiger partial charge in [-0.05, 0) is 42.0 Å². The minimum absolute atomic E-state index is 0.164. The van der Waals surface area contributed by atoms with E-state index in [0.29, 0.717) is 12.2 Å². The van der Waals surface area contributed by atoms with Gasteiger partial charge in [-0.1, -0.05) is 28.1 Å². The standard InChI is InChI=1S/C16H13BrFN3O2S/c17-13-3-7-16(8-4-13)24(22,23)20-15-9-19-21(11-15)10-12-1-5-14(18)6-2-12/h1-9,11,20H,10H2. The summed E-state index contributed by atoms with van der Waals surface area (Å²) in [5, 5.41) is 4.11. The Bertz CT molecular complexity index is 938. The average molecular weight is 410 g/mol. The molecule has 0 fully saturated rings. The first kappa shape index (κ1) is 16.7. The van der Waals surface area contributed by atoms with Crippen LogP contribution in [0.3, 0.4) is 0 Å². The van der Waals surface area contributed by atoms with Crippen LogP contribution in [0.15, 0.2) is 70.3 Å². The van der Waals surface area contributed by atoms with Gasteiger partial charge >= 0.3 is 0 Å². The summed E-state index contributed by atoms with van der Waals surface area (Å²) in [5.74, 6) is -0.304. The molecule has 3 rings (SSSR count). The Morgan fingerprint density at radius 1 is 1.08 bits per heavy atom. The molecule has 0 saturated carbocycles. The molecular weight excluding hydrogens is 397 g/mol. The van der Waals surface area contributed by atoms with E-state index in [0.717, 1.165) is 10.0 Å². The van der Waals surface area contributed by atoms with Crippen molar-refractivity contribution in [1.29, 1.82) is 0 Å². The lowest BCUT2D eigenvalue weighted by atomic mass is 10.2. The normalized spacial score (nSPS) is 11.4. The molecule has 0 amide bonds. The Morgan fingerprint density at radius 3 is 2.42 bits per heavy atom. The molecule has 0 aliphatic rings. The monoisotopic (exact) mass is 409 g/mol. The molecule has 3 aromatic rings. The van der Waals surface area contributed by atoms with Crippen LogP contribution in [0.4, 0.5) is 10.1 Å². The SMILES string of the molecule is O=S(=O)(Nc1cnn(Cc2ccc(F)cc2)c1)c1ccc(Br)cc1. The van der Waals surface area contributed by atoms with Gasteiger partial charge in [-0.15, -0.1) is 0 Å². The van der Waals surface area contributed by atoms with Crippen molar-refractivity contribution in [2.24, 2.45) is 0 Å².